The highest BCUT2D eigenvalue weighted by molar-refractivity contribution is 5.43. The van der Waals surface area contributed by atoms with Gasteiger partial charge >= 0.3 is 6.18 Å². The molecule has 2 aromatic rings. The first-order chi connectivity index (χ1) is 9.36. The standard InChI is InChI=1S/C13H13F3N4/c1-8(9-3-2-4-10(17)7-9)19-12-18-6-5-11(20-12)13(14,15)16/h2-8H,17H2,1H3,(H,18,19,20). The monoisotopic (exact) mass is 282 g/mol. The maximum atomic E-state index is 12.5. The van der Waals surface area contributed by atoms with Crippen LogP contribution in [-0.2, 0) is 6.18 Å². The van der Waals surface area contributed by atoms with Crippen molar-refractivity contribution in [2.45, 2.75) is 19.1 Å². The third kappa shape index (κ3) is 3.37. The molecular weight excluding hydrogens is 269 g/mol. The Morgan fingerprint density at radius 2 is 2.00 bits per heavy atom. The second-order valence-electron chi connectivity index (χ2n) is 4.30. The van der Waals surface area contributed by atoms with E-state index in [0.717, 1.165) is 17.8 Å². The lowest BCUT2D eigenvalue weighted by Gasteiger charge is -2.15. The van der Waals surface area contributed by atoms with Crippen LogP contribution in [0.2, 0.25) is 0 Å². The van der Waals surface area contributed by atoms with E-state index >= 15 is 0 Å². The molecule has 1 heterocycles. The van der Waals surface area contributed by atoms with E-state index in [-0.39, 0.29) is 12.0 Å². The summed E-state index contributed by atoms with van der Waals surface area (Å²) in [4.78, 5) is 7.24. The van der Waals surface area contributed by atoms with Crippen LogP contribution in [0, 0.1) is 0 Å². The maximum Gasteiger partial charge on any atom is 0.433 e. The van der Waals surface area contributed by atoms with E-state index in [1.165, 1.54) is 0 Å². The molecule has 0 amide bonds. The third-order valence-corrected chi connectivity index (χ3v) is 2.70. The van der Waals surface area contributed by atoms with E-state index in [0.29, 0.717) is 5.69 Å². The number of aromatic nitrogens is 2. The van der Waals surface area contributed by atoms with Crippen molar-refractivity contribution in [3.63, 3.8) is 0 Å². The van der Waals surface area contributed by atoms with Gasteiger partial charge in [0.05, 0.1) is 6.04 Å². The molecule has 0 radical (unpaired) electrons. The number of alkyl halides is 3. The number of anilines is 2. The molecule has 0 aliphatic rings. The fraction of sp³-hybridized carbons (Fsp3) is 0.231. The van der Waals surface area contributed by atoms with Gasteiger partial charge in [0.15, 0.2) is 0 Å². The van der Waals surface area contributed by atoms with Gasteiger partial charge in [0.25, 0.3) is 0 Å². The van der Waals surface area contributed by atoms with Crippen molar-refractivity contribution in [1.29, 1.82) is 0 Å². The summed E-state index contributed by atoms with van der Waals surface area (Å²) in [7, 11) is 0. The Balaban J connectivity index is 2.18. The van der Waals surface area contributed by atoms with Crippen molar-refractivity contribution in [2.75, 3.05) is 11.1 Å². The third-order valence-electron chi connectivity index (χ3n) is 2.70. The van der Waals surface area contributed by atoms with E-state index in [4.69, 9.17) is 5.73 Å². The molecule has 0 aliphatic carbocycles. The predicted molar refractivity (Wildman–Crippen MR) is 69.9 cm³/mol. The first-order valence-electron chi connectivity index (χ1n) is 5.88. The van der Waals surface area contributed by atoms with Gasteiger partial charge < -0.3 is 11.1 Å². The molecule has 0 bridgehead atoms. The van der Waals surface area contributed by atoms with Crippen LogP contribution in [0.5, 0.6) is 0 Å². The molecule has 4 nitrogen and oxygen atoms in total. The van der Waals surface area contributed by atoms with Crippen molar-refractivity contribution in [2.24, 2.45) is 0 Å². The zero-order chi connectivity index (χ0) is 14.8. The fourth-order valence-electron chi connectivity index (χ4n) is 1.69. The zero-order valence-electron chi connectivity index (χ0n) is 10.6. The van der Waals surface area contributed by atoms with Crippen LogP contribution < -0.4 is 11.1 Å². The lowest BCUT2D eigenvalue weighted by Crippen LogP contribution is -2.13. The van der Waals surface area contributed by atoms with Gasteiger partial charge in [-0.05, 0) is 30.7 Å². The van der Waals surface area contributed by atoms with E-state index in [9.17, 15) is 13.2 Å². The highest BCUT2D eigenvalue weighted by Crippen LogP contribution is 2.28. The Kier molecular flexibility index (Phi) is 3.78. The minimum absolute atomic E-state index is 0.0743. The van der Waals surface area contributed by atoms with E-state index in [2.05, 4.69) is 15.3 Å². The SMILES string of the molecule is CC(Nc1nccc(C(F)(F)F)n1)c1cccc(N)c1. The normalized spacial score (nSPS) is 13.0. The number of hydrogen-bond acceptors (Lipinski definition) is 4. The quantitative estimate of drug-likeness (QED) is 0.848. The van der Waals surface area contributed by atoms with Gasteiger partial charge in [-0.2, -0.15) is 13.2 Å². The van der Waals surface area contributed by atoms with Crippen molar-refractivity contribution >= 4 is 11.6 Å². The van der Waals surface area contributed by atoms with E-state index in [1.54, 1.807) is 25.1 Å². The second kappa shape index (κ2) is 5.36. The van der Waals surface area contributed by atoms with Crippen LogP contribution >= 0.6 is 0 Å². The highest BCUT2D eigenvalue weighted by atomic mass is 19.4. The lowest BCUT2D eigenvalue weighted by molar-refractivity contribution is -0.141. The molecule has 2 rings (SSSR count). The summed E-state index contributed by atoms with van der Waals surface area (Å²) in [6.07, 6.45) is -3.41. The fourth-order valence-corrected chi connectivity index (χ4v) is 1.69. The number of halogens is 3. The Morgan fingerprint density at radius 1 is 1.25 bits per heavy atom. The van der Waals surface area contributed by atoms with Gasteiger partial charge in [0.1, 0.15) is 5.69 Å². The van der Waals surface area contributed by atoms with Crippen molar-refractivity contribution in [3.05, 3.63) is 47.8 Å². The second-order valence-corrected chi connectivity index (χ2v) is 4.30. The Labute approximate surface area is 113 Å². The summed E-state index contributed by atoms with van der Waals surface area (Å²) >= 11 is 0. The molecule has 0 saturated heterocycles. The van der Waals surface area contributed by atoms with Crippen LogP contribution in [0.15, 0.2) is 36.5 Å². The molecule has 1 aromatic heterocycles. The first-order valence-corrected chi connectivity index (χ1v) is 5.88. The molecule has 7 heteroatoms. The highest BCUT2D eigenvalue weighted by Gasteiger charge is 2.32. The lowest BCUT2D eigenvalue weighted by atomic mass is 10.1. The van der Waals surface area contributed by atoms with E-state index in [1.807, 2.05) is 6.07 Å². The minimum Gasteiger partial charge on any atom is -0.399 e. The number of nitrogens with two attached hydrogens (primary N) is 1. The molecule has 3 N–H and O–H groups in total. The number of rotatable bonds is 3. The van der Waals surface area contributed by atoms with Crippen molar-refractivity contribution < 1.29 is 13.2 Å². The van der Waals surface area contributed by atoms with Gasteiger partial charge in [-0.25, -0.2) is 9.97 Å². The summed E-state index contributed by atoms with van der Waals surface area (Å²) in [5, 5.41) is 2.82. The molecule has 1 aromatic carbocycles. The molecule has 106 valence electrons. The number of hydrogen-bond donors (Lipinski definition) is 2. The van der Waals surface area contributed by atoms with Gasteiger partial charge in [-0.3, -0.25) is 0 Å². The average Bonchev–Trinajstić information content (AvgIpc) is 2.38. The van der Waals surface area contributed by atoms with Gasteiger partial charge in [0, 0.05) is 11.9 Å². The number of nitrogen functional groups attached to an aromatic ring is 1. The molecule has 0 saturated carbocycles. The molecule has 20 heavy (non-hydrogen) atoms. The molecule has 0 spiro atoms. The Hall–Kier alpha value is -2.31. The van der Waals surface area contributed by atoms with Gasteiger partial charge in [-0.1, -0.05) is 12.1 Å². The summed E-state index contributed by atoms with van der Waals surface area (Å²) in [6, 6.07) is 7.64. The van der Waals surface area contributed by atoms with Crippen LogP contribution in [0.25, 0.3) is 0 Å². The minimum atomic E-state index is -4.49. The topological polar surface area (TPSA) is 63.8 Å². The summed E-state index contributed by atoms with van der Waals surface area (Å²) < 4.78 is 37.6. The average molecular weight is 282 g/mol. The van der Waals surface area contributed by atoms with Crippen molar-refractivity contribution in [3.8, 4) is 0 Å². The number of benzene rings is 1. The molecule has 1 unspecified atom stereocenters. The van der Waals surface area contributed by atoms with Gasteiger partial charge in [0.2, 0.25) is 5.95 Å². The van der Waals surface area contributed by atoms with E-state index < -0.39 is 11.9 Å². The zero-order valence-corrected chi connectivity index (χ0v) is 10.6. The summed E-state index contributed by atoms with van der Waals surface area (Å²) in [5.41, 5.74) is 6.11. The largest absolute Gasteiger partial charge is 0.433 e. The summed E-state index contributed by atoms with van der Waals surface area (Å²) in [5.74, 6) is -0.0743. The van der Waals surface area contributed by atoms with Crippen LogP contribution in [0.1, 0.15) is 24.2 Å². The molecule has 1 atom stereocenters. The van der Waals surface area contributed by atoms with Crippen LogP contribution in [-0.4, -0.2) is 9.97 Å². The van der Waals surface area contributed by atoms with Gasteiger partial charge in [-0.15, -0.1) is 0 Å². The maximum absolute atomic E-state index is 12.5. The Morgan fingerprint density at radius 3 is 2.65 bits per heavy atom. The predicted octanol–water partition coefficient (Wildman–Crippen LogP) is 3.25. The Bertz CT molecular complexity index is 598. The first kappa shape index (κ1) is 14.1. The summed E-state index contributed by atoms with van der Waals surface area (Å²) in [6.45, 7) is 1.79. The van der Waals surface area contributed by atoms with Crippen LogP contribution in [0.4, 0.5) is 24.8 Å². The number of nitrogens with zero attached hydrogens (tertiary/aromatic N) is 2. The van der Waals surface area contributed by atoms with Crippen LogP contribution in [0.3, 0.4) is 0 Å². The van der Waals surface area contributed by atoms with Crippen molar-refractivity contribution in [1.82, 2.24) is 9.97 Å². The smallest absolute Gasteiger partial charge is 0.399 e. The molecule has 0 aliphatic heterocycles. The number of nitrogens with one attached hydrogen (secondary N) is 1. The molecular formula is C13H13F3N4. The molecule has 0 fully saturated rings.